The maximum atomic E-state index is 12.1. The van der Waals surface area contributed by atoms with E-state index in [0.717, 1.165) is 0 Å². The zero-order chi connectivity index (χ0) is 15.7. The van der Waals surface area contributed by atoms with E-state index >= 15 is 0 Å². The van der Waals surface area contributed by atoms with Crippen LogP contribution in [0.1, 0.15) is 12.8 Å². The highest BCUT2D eigenvalue weighted by molar-refractivity contribution is 5.95. The Morgan fingerprint density at radius 2 is 1.95 bits per heavy atom. The number of hydrazone groups is 1. The van der Waals surface area contributed by atoms with Crippen molar-refractivity contribution in [2.45, 2.75) is 19.5 Å². The van der Waals surface area contributed by atoms with Gasteiger partial charge >= 0.3 is 6.36 Å². The van der Waals surface area contributed by atoms with Gasteiger partial charge in [0.2, 0.25) is 11.7 Å². The molecule has 0 fully saturated rings. The van der Waals surface area contributed by atoms with E-state index < -0.39 is 6.36 Å². The molecule has 0 bridgehead atoms. The van der Waals surface area contributed by atoms with Gasteiger partial charge in [-0.3, -0.25) is 5.43 Å². The summed E-state index contributed by atoms with van der Waals surface area (Å²) in [6.45, 7) is 1.85. The monoisotopic (exact) mass is 313 g/mol. The molecule has 1 atom stereocenters. The van der Waals surface area contributed by atoms with Crippen molar-refractivity contribution in [2.75, 3.05) is 0 Å². The first-order valence-electron chi connectivity index (χ1n) is 6.21. The molecular weight excluding hydrogens is 303 g/mol. The van der Waals surface area contributed by atoms with Crippen LogP contribution in [0.5, 0.6) is 5.75 Å². The number of alkyl halides is 3. The molecule has 1 unspecified atom stereocenters. The standard InChI is InChI=1S/C12H10F3N5O2/c1-6-16-10(19-18-6)11-17-9(20-22-11)7-2-4-8(5-3-7)21-12(13,14)15/h2-6,18H,1H3,(H,16,19). The number of hydrogen-bond acceptors (Lipinski definition) is 7. The van der Waals surface area contributed by atoms with E-state index in [2.05, 4.69) is 30.7 Å². The van der Waals surface area contributed by atoms with Gasteiger partial charge in [0.15, 0.2) is 0 Å². The van der Waals surface area contributed by atoms with Gasteiger partial charge in [0.05, 0.1) is 0 Å². The quantitative estimate of drug-likeness (QED) is 0.899. The number of hydrogen-bond donors (Lipinski definition) is 2. The number of halogens is 3. The summed E-state index contributed by atoms with van der Waals surface area (Å²) in [4.78, 5) is 4.13. The molecule has 0 radical (unpaired) electrons. The van der Waals surface area contributed by atoms with Gasteiger partial charge in [0, 0.05) is 5.56 Å². The summed E-state index contributed by atoms with van der Waals surface area (Å²) >= 11 is 0. The van der Waals surface area contributed by atoms with Crippen LogP contribution in [0, 0.1) is 0 Å². The Labute approximate surface area is 122 Å². The molecule has 2 aromatic rings. The Morgan fingerprint density at radius 1 is 1.23 bits per heavy atom. The maximum absolute atomic E-state index is 12.1. The van der Waals surface area contributed by atoms with Crippen LogP contribution in [0.3, 0.4) is 0 Å². The minimum absolute atomic E-state index is 0.0517. The van der Waals surface area contributed by atoms with Crippen LogP contribution in [0.25, 0.3) is 11.4 Å². The summed E-state index contributed by atoms with van der Waals surface area (Å²) in [5.74, 6) is 0.503. The van der Waals surface area contributed by atoms with Gasteiger partial charge in [-0.25, -0.2) is 0 Å². The number of rotatable bonds is 3. The molecule has 0 spiro atoms. The molecule has 0 saturated carbocycles. The number of nitrogens with one attached hydrogen (secondary N) is 2. The summed E-state index contributed by atoms with van der Waals surface area (Å²) in [5.41, 5.74) is 3.26. The lowest BCUT2D eigenvalue weighted by atomic mass is 10.2. The van der Waals surface area contributed by atoms with E-state index in [1.165, 1.54) is 24.3 Å². The predicted molar refractivity (Wildman–Crippen MR) is 68.7 cm³/mol. The molecule has 2 N–H and O–H groups in total. The number of ether oxygens (including phenoxy) is 1. The second-order valence-electron chi connectivity index (χ2n) is 4.45. The van der Waals surface area contributed by atoms with E-state index in [4.69, 9.17) is 4.52 Å². The lowest BCUT2D eigenvalue weighted by Crippen LogP contribution is -2.32. The second-order valence-corrected chi connectivity index (χ2v) is 4.45. The van der Waals surface area contributed by atoms with Crippen LogP contribution in [-0.4, -0.2) is 28.5 Å². The summed E-state index contributed by atoms with van der Waals surface area (Å²) in [5, 5.41) is 10.7. The number of amidine groups is 1. The largest absolute Gasteiger partial charge is 0.573 e. The number of benzene rings is 1. The van der Waals surface area contributed by atoms with Crippen molar-refractivity contribution in [1.29, 1.82) is 0 Å². The lowest BCUT2D eigenvalue weighted by molar-refractivity contribution is -0.274. The van der Waals surface area contributed by atoms with Crippen molar-refractivity contribution in [3.8, 4) is 17.1 Å². The summed E-state index contributed by atoms with van der Waals surface area (Å²) in [7, 11) is 0. The van der Waals surface area contributed by atoms with Crippen molar-refractivity contribution in [3.63, 3.8) is 0 Å². The zero-order valence-corrected chi connectivity index (χ0v) is 11.2. The maximum Gasteiger partial charge on any atom is 0.573 e. The highest BCUT2D eigenvalue weighted by Crippen LogP contribution is 2.25. The first-order chi connectivity index (χ1) is 10.4. The van der Waals surface area contributed by atoms with E-state index in [-0.39, 0.29) is 23.6 Å². The molecule has 0 aliphatic carbocycles. The van der Waals surface area contributed by atoms with Gasteiger partial charge in [-0.05, 0) is 31.2 Å². The summed E-state index contributed by atoms with van der Waals surface area (Å²) in [6, 6.07) is 5.16. The average Bonchev–Trinajstić information content (AvgIpc) is 3.06. The van der Waals surface area contributed by atoms with Crippen LogP contribution < -0.4 is 15.5 Å². The molecule has 22 heavy (non-hydrogen) atoms. The Morgan fingerprint density at radius 3 is 2.55 bits per heavy atom. The molecule has 10 heteroatoms. The molecular formula is C12H10F3N5O2. The van der Waals surface area contributed by atoms with Crippen molar-refractivity contribution >= 4 is 5.84 Å². The van der Waals surface area contributed by atoms with Crippen molar-refractivity contribution in [1.82, 2.24) is 20.9 Å². The molecule has 3 rings (SSSR count). The third-order valence-electron chi connectivity index (χ3n) is 2.70. The van der Waals surface area contributed by atoms with E-state index in [1.54, 1.807) is 0 Å². The van der Waals surface area contributed by atoms with E-state index in [1.807, 2.05) is 6.92 Å². The first kappa shape index (κ1) is 14.2. The Bertz CT molecular complexity index is 696. The topological polar surface area (TPSA) is 84.6 Å². The Hall–Kier alpha value is -2.78. The fraction of sp³-hybridized carbons (Fsp3) is 0.250. The smallest absolute Gasteiger partial charge is 0.406 e. The molecule has 7 nitrogen and oxygen atoms in total. The molecule has 1 aliphatic heterocycles. The Balaban J connectivity index is 1.76. The van der Waals surface area contributed by atoms with Crippen LogP contribution in [0.4, 0.5) is 13.2 Å². The number of nitrogens with zero attached hydrogens (tertiary/aromatic N) is 3. The fourth-order valence-corrected chi connectivity index (χ4v) is 1.78. The molecule has 2 heterocycles. The third-order valence-corrected chi connectivity index (χ3v) is 2.70. The normalized spacial score (nSPS) is 17.6. The zero-order valence-electron chi connectivity index (χ0n) is 11.2. The van der Waals surface area contributed by atoms with Gasteiger partial charge in [-0.2, -0.15) is 10.1 Å². The van der Waals surface area contributed by atoms with Crippen LogP contribution in [0.15, 0.2) is 33.9 Å². The van der Waals surface area contributed by atoms with Crippen molar-refractivity contribution in [3.05, 3.63) is 30.2 Å². The van der Waals surface area contributed by atoms with Gasteiger partial charge < -0.3 is 14.6 Å². The highest BCUT2D eigenvalue weighted by atomic mass is 19.4. The van der Waals surface area contributed by atoms with E-state index in [0.29, 0.717) is 11.4 Å². The summed E-state index contributed by atoms with van der Waals surface area (Å²) in [6.07, 6.45) is -4.78. The van der Waals surface area contributed by atoms with Crippen LogP contribution in [0.2, 0.25) is 0 Å². The van der Waals surface area contributed by atoms with Gasteiger partial charge in [0.1, 0.15) is 11.9 Å². The van der Waals surface area contributed by atoms with Gasteiger partial charge in [-0.15, -0.1) is 13.2 Å². The highest BCUT2D eigenvalue weighted by Gasteiger charge is 2.31. The van der Waals surface area contributed by atoms with Crippen molar-refractivity contribution in [2.24, 2.45) is 5.10 Å². The molecule has 0 saturated heterocycles. The van der Waals surface area contributed by atoms with Gasteiger partial charge in [-0.1, -0.05) is 5.16 Å². The Kier molecular flexibility index (Phi) is 3.35. The minimum atomic E-state index is -4.73. The van der Waals surface area contributed by atoms with Gasteiger partial charge in [0.25, 0.3) is 5.89 Å². The average molecular weight is 313 g/mol. The third kappa shape index (κ3) is 3.10. The first-order valence-corrected chi connectivity index (χ1v) is 6.21. The molecule has 0 amide bonds. The SMILES string of the molecule is CC1NN=C(c2nc(-c3ccc(OC(F)(F)F)cc3)no2)N1. The number of aromatic nitrogens is 2. The fourth-order valence-electron chi connectivity index (χ4n) is 1.78. The molecule has 116 valence electrons. The lowest BCUT2D eigenvalue weighted by Gasteiger charge is -2.08. The van der Waals surface area contributed by atoms with E-state index in [9.17, 15) is 13.2 Å². The molecule has 1 aliphatic rings. The van der Waals surface area contributed by atoms with Crippen molar-refractivity contribution < 1.29 is 22.4 Å². The van der Waals surface area contributed by atoms with Crippen LogP contribution in [-0.2, 0) is 0 Å². The summed E-state index contributed by atoms with van der Waals surface area (Å²) < 4.78 is 45.1. The molecule has 1 aromatic heterocycles. The predicted octanol–water partition coefficient (Wildman–Crippen LogP) is 1.84. The minimum Gasteiger partial charge on any atom is -0.406 e. The second kappa shape index (κ2) is 5.20. The van der Waals surface area contributed by atoms with Crippen LogP contribution >= 0.6 is 0 Å². The molecule has 1 aromatic carbocycles.